The van der Waals surface area contributed by atoms with E-state index >= 15 is 0 Å². The molecule has 1 aliphatic heterocycles. The first kappa shape index (κ1) is 12.5. The molecule has 0 bridgehead atoms. The maximum Gasteiger partial charge on any atom is 0.150 e. The van der Waals surface area contributed by atoms with E-state index in [2.05, 4.69) is 11.4 Å². The number of nitrogens with zero attached hydrogens (tertiary/aromatic N) is 1. The number of anilines is 1. The van der Waals surface area contributed by atoms with E-state index in [-0.39, 0.29) is 5.56 Å². The molecule has 1 heterocycles. The van der Waals surface area contributed by atoms with E-state index < -0.39 is 5.82 Å². The van der Waals surface area contributed by atoms with Crippen LogP contribution in [0.1, 0.15) is 17.5 Å². The predicted octanol–water partition coefficient (Wildman–Crippen LogP) is 3.85. The molecule has 0 saturated heterocycles. The third-order valence-electron chi connectivity index (χ3n) is 3.32. The molecule has 1 aliphatic rings. The van der Waals surface area contributed by atoms with Crippen molar-refractivity contribution in [1.29, 1.82) is 5.26 Å². The fraction of sp³-hybridized carbons (Fsp3) is 0.188. The van der Waals surface area contributed by atoms with Crippen molar-refractivity contribution < 1.29 is 9.13 Å². The lowest BCUT2D eigenvalue weighted by Crippen LogP contribution is -2.12. The number of halogens is 1. The molecule has 0 spiro atoms. The van der Waals surface area contributed by atoms with Gasteiger partial charge in [-0.1, -0.05) is 12.1 Å². The molecule has 0 aliphatic carbocycles. The van der Waals surface area contributed by atoms with Gasteiger partial charge < -0.3 is 10.1 Å². The second-order valence-electron chi connectivity index (χ2n) is 4.67. The highest BCUT2D eigenvalue weighted by Gasteiger charge is 2.15. The SMILES string of the molecule is N#Cc1cc(F)ccc1Oc1cccc2c1NCCC2. The average Bonchev–Trinajstić information content (AvgIpc) is 2.49. The number of para-hydroxylation sites is 1. The lowest BCUT2D eigenvalue weighted by molar-refractivity contribution is 0.479. The van der Waals surface area contributed by atoms with Gasteiger partial charge in [-0.2, -0.15) is 5.26 Å². The first-order chi connectivity index (χ1) is 9.78. The van der Waals surface area contributed by atoms with Gasteiger partial charge in [0, 0.05) is 6.54 Å². The topological polar surface area (TPSA) is 45.0 Å². The second kappa shape index (κ2) is 5.22. The van der Waals surface area contributed by atoms with Gasteiger partial charge in [-0.3, -0.25) is 0 Å². The van der Waals surface area contributed by atoms with Gasteiger partial charge in [0.1, 0.15) is 17.6 Å². The number of hydrogen-bond donors (Lipinski definition) is 1. The van der Waals surface area contributed by atoms with Gasteiger partial charge in [0.25, 0.3) is 0 Å². The Bertz CT molecular complexity index is 691. The normalized spacial score (nSPS) is 13.0. The largest absolute Gasteiger partial charge is 0.454 e. The zero-order chi connectivity index (χ0) is 13.9. The summed E-state index contributed by atoms with van der Waals surface area (Å²) >= 11 is 0. The minimum atomic E-state index is -0.442. The highest BCUT2D eigenvalue weighted by Crippen LogP contribution is 2.36. The van der Waals surface area contributed by atoms with E-state index in [9.17, 15) is 4.39 Å². The van der Waals surface area contributed by atoms with Crippen LogP contribution in [0.3, 0.4) is 0 Å². The zero-order valence-corrected chi connectivity index (χ0v) is 10.8. The van der Waals surface area contributed by atoms with Crippen molar-refractivity contribution >= 4 is 5.69 Å². The molecule has 100 valence electrons. The Morgan fingerprint density at radius 3 is 2.95 bits per heavy atom. The van der Waals surface area contributed by atoms with Crippen LogP contribution in [0.4, 0.5) is 10.1 Å². The molecule has 0 saturated carbocycles. The smallest absolute Gasteiger partial charge is 0.150 e. The molecule has 0 unspecified atom stereocenters. The second-order valence-corrected chi connectivity index (χ2v) is 4.67. The van der Waals surface area contributed by atoms with Crippen LogP contribution in [-0.2, 0) is 6.42 Å². The van der Waals surface area contributed by atoms with Gasteiger partial charge in [0.05, 0.1) is 11.3 Å². The maximum absolute atomic E-state index is 13.1. The standard InChI is InChI=1S/C16H13FN2O/c17-13-6-7-14(12(9-13)10-18)20-15-5-1-3-11-4-2-8-19-16(11)15/h1,3,5-7,9,19H,2,4,8H2. The van der Waals surface area contributed by atoms with Gasteiger partial charge >= 0.3 is 0 Å². The van der Waals surface area contributed by atoms with Crippen molar-refractivity contribution in [2.24, 2.45) is 0 Å². The molecule has 4 heteroatoms. The predicted molar refractivity (Wildman–Crippen MR) is 74.4 cm³/mol. The van der Waals surface area contributed by atoms with Crippen LogP contribution in [0.25, 0.3) is 0 Å². The summed E-state index contributed by atoms with van der Waals surface area (Å²) < 4.78 is 18.9. The molecule has 0 fully saturated rings. The number of nitrogens with one attached hydrogen (secondary N) is 1. The Hall–Kier alpha value is -2.54. The molecular weight excluding hydrogens is 255 g/mol. The Morgan fingerprint density at radius 1 is 1.20 bits per heavy atom. The van der Waals surface area contributed by atoms with Crippen LogP contribution >= 0.6 is 0 Å². The first-order valence-corrected chi connectivity index (χ1v) is 6.51. The summed E-state index contributed by atoms with van der Waals surface area (Å²) in [6, 6.07) is 11.7. The Kier molecular flexibility index (Phi) is 3.26. The van der Waals surface area contributed by atoms with Crippen molar-refractivity contribution in [3.8, 4) is 17.6 Å². The summed E-state index contributed by atoms with van der Waals surface area (Å²) in [4.78, 5) is 0. The highest BCUT2D eigenvalue weighted by atomic mass is 19.1. The summed E-state index contributed by atoms with van der Waals surface area (Å²) in [6.07, 6.45) is 2.10. The lowest BCUT2D eigenvalue weighted by atomic mass is 10.0. The van der Waals surface area contributed by atoms with Gasteiger partial charge in [-0.05, 0) is 42.7 Å². The molecule has 2 aromatic rings. The third kappa shape index (κ3) is 2.30. The molecular formula is C16H13FN2O. The maximum atomic E-state index is 13.1. The van der Waals surface area contributed by atoms with E-state index in [1.54, 1.807) is 0 Å². The third-order valence-corrected chi connectivity index (χ3v) is 3.32. The van der Waals surface area contributed by atoms with E-state index in [1.807, 2.05) is 18.2 Å². The summed E-state index contributed by atoms with van der Waals surface area (Å²) in [5.41, 5.74) is 2.36. The Balaban J connectivity index is 1.98. The van der Waals surface area contributed by atoms with Crippen LogP contribution in [0.15, 0.2) is 36.4 Å². The Labute approximate surface area is 116 Å². The van der Waals surface area contributed by atoms with Crippen LogP contribution in [-0.4, -0.2) is 6.54 Å². The summed E-state index contributed by atoms with van der Waals surface area (Å²) in [5.74, 6) is 0.599. The summed E-state index contributed by atoms with van der Waals surface area (Å²) in [5, 5.41) is 12.4. The van der Waals surface area contributed by atoms with Crippen LogP contribution in [0.2, 0.25) is 0 Å². The molecule has 0 amide bonds. The van der Waals surface area contributed by atoms with Crippen molar-refractivity contribution in [2.75, 3.05) is 11.9 Å². The molecule has 0 atom stereocenters. The summed E-state index contributed by atoms with van der Waals surface area (Å²) in [6.45, 7) is 0.905. The quantitative estimate of drug-likeness (QED) is 0.899. The number of hydrogen-bond acceptors (Lipinski definition) is 3. The average molecular weight is 268 g/mol. The highest BCUT2D eigenvalue weighted by molar-refractivity contribution is 5.64. The van der Waals surface area contributed by atoms with Gasteiger partial charge in [-0.15, -0.1) is 0 Å². The van der Waals surface area contributed by atoms with Crippen molar-refractivity contribution in [2.45, 2.75) is 12.8 Å². The number of rotatable bonds is 2. The van der Waals surface area contributed by atoms with Gasteiger partial charge in [0.2, 0.25) is 0 Å². The monoisotopic (exact) mass is 268 g/mol. The van der Waals surface area contributed by atoms with Crippen LogP contribution in [0, 0.1) is 17.1 Å². The molecule has 0 aromatic heterocycles. The lowest BCUT2D eigenvalue weighted by Gasteiger charge is -2.21. The molecule has 0 radical (unpaired) electrons. The Morgan fingerprint density at radius 2 is 2.10 bits per heavy atom. The first-order valence-electron chi connectivity index (χ1n) is 6.51. The number of fused-ring (bicyclic) bond motifs is 1. The number of aryl methyl sites for hydroxylation is 1. The minimum absolute atomic E-state index is 0.193. The fourth-order valence-corrected chi connectivity index (χ4v) is 2.36. The van der Waals surface area contributed by atoms with Crippen LogP contribution in [0.5, 0.6) is 11.5 Å². The molecule has 1 N–H and O–H groups in total. The van der Waals surface area contributed by atoms with Gasteiger partial charge in [0.15, 0.2) is 5.75 Å². The van der Waals surface area contributed by atoms with E-state index in [0.717, 1.165) is 25.1 Å². The van der Waals surface area contributed by atoms with Crippen molar-refractivity contribution in [1.82, 2.24) is 0 Å². The van der Waals surface area contributed by atoms with Crippen LogP contribution < -0.4 is 10.1 Å². The summed E-state index contributed by atoms with van der Waals surface area (Å²) in [7, 11) is 0. The fourth-order valence-electron chi connectivity index (χ4n) is 2.36. The van der Waals surface area contributed by atoms with E-state index in [0.29, 0.717) is 11.5 Å². The molecule has 3 rings (SSSR count). The minimum Gasteiger partial charge on any atom is -0.454 e. The van der Waals surface area contributed by atoms with Gasteiger partial charge in [-0.25, -0.2) is 4.39 Å². The zero-order valence-electron chi connectivity index (χ0n) is 10.8. The molecule has 20 heavy (non-hydrogen) atoms. The van der Waals surface area contributed by atoms with E-state index in [1.165, 1.54) is 23.8 Å². The molecule has 2 aromatic carbocycles. The molecule has 3 nitrogen and oxygen atoms in total. The number of ether oxygens (including phenoxy) is 1. The van der Waals surface area contributed by atoms with Crippen molar-refractivity contribution in [3.05, 3.63) is 53.3 Å². The number of nitriles is 1. The van der Waals surface area contributed by atoms with E-state index in [4.69, 9.17) is 10.00 Å². The number of benzene rings is 2. The van der Waals surface area contributed by atoms with Crippen molar-refractivity contribution in [3.63, 3.8) is 0 Å².